The zero-order valence-electron chi connectivity index (χ0n) is 19.2. The van der Waals surface area contributed by atoms with Crippen LogP contribution in [-0.4, -0.2) is 57.2 Å². The van der Waals surface area contributed by atoms with Gasteiger partial charge in [-0.05, 0) is 54.4 Å². The highest BCUT2D eigenvalue weighted by Crippen LogP contribution is 2.34. The number of ether oxygens (including phenoxy) is 1. The summed E-state index contributed by atoms with van der Waals surface area (Å²) in [4.78, 5) is 29.4. The normalized spacial score (nSPS) is 13.8. The van der Waals surface area contributed by atoms with E-state index in [4.69, 9.17) is 4.74 Å². The fourth-order valence-electron chi connectivity index (χ4n) is 4.13. The molecule has 0 saturated carbocycles. The number of phenolic OH excluding ortho intramolecular Hbond substituents is 1. The van der Waals surface area contributed by atoms with Gasteiger partial charge in [0.25, 0.3) is 0 Å². The molecule has 2 aromatic carbocycles. The molecule has 0 spiro atoms. The van der Waals surface area contributed by atoms with E-state index < -0.39 is 5.82 Å². The number of fused-ring (bicyclic) bond motifs is 1. The van der Waals surface area contributed by atoms with Gasteiger partial charge >= 0.3 is 6.09 Å². The third-order valence-corrected chi connectivity index (χ3v) is 6.00. The molecule has 2 aromatic heterocycles. The summed E-state index contributed by atoms with van der Waals surface area (Å²) >= 11 is 0. The summed E-state index contributed by atoms with van der Waals surface area (Å²) in [5, 5.41) is 11.1. The van der Waals surface area contributed by atoms with Crippen LogP contribution in [0, 0.1) is 12.7 Å². The van der Waals surface area contributed by atoms with E-state index in [1.807, 2.05) is 30.0 Å². The Morgan fingerprint density at radius 1 is 1.09 bits per heavy atom. The molecule has 3 heterocycles. The largest absolute Gasteiger partial charge is 0.507 e. The molecule has 35 heavy (non-hydrogen) atoms. The SMILES string of the molecule is Cc1ccc2c(N3CCN(C(=O)OCc4ccncc4)CC3)nc(-c3c(O)cccc3F)nc2c1.[HH]. The third kappa shape index (κ3) is 4.70. The molecule has 4 aromatic rings. The van der Waals surface area contributed by atoms with Crippen LogP contribution in [0.3, 0.4) is 0 Å². The molecule has 1 amide bonds. The van der Waals surface area contributed by atoms with Crippen molar-refractivity contribution in [3.63, 3.8) is 0 Å². The van der Waals surface area contributed by atoms with E-state index in [2.05, 4.69) is 15.0 Å². The molecule has 1 aliphatic rings. The quantitative estimate of drug-likeness (QED) is 0.463. The monoisotopic (exact) mass is 475 g/mol. The molecule has 1 N–H and O–H groups in total. The average molecular weight is 476 g/mol. The van der Waals surface area contributed by atoms with Crippen LogP contribution >= 0.6 is 0 Å². The summed E-state index contributed by atoms with van der Waals surface area (Å²) in [6.07, 6.45) is 2.94. The van der Waals surface area contributed by atoms with Crippen LogP contribution in [0.1, 0.15) is 12.6 Å². The van der Waals surface area contributed by atoms with Gasteiger partial charge in [-0.2, -0.15) is 0 Å². The van der Waals surface area contributed by atoms with Crippen LogP contribution in [0.25, 0.3) is 22.3 Å². The standard InChI is InChI=1S/C26H24FN5O3.H2/c1-17-5-6-19-21(15-17)29-24(23-20(27)3-2-4-22(23)33)30-25(19)31-11-13-32(14-12-31)26(34)35-16-18-7-9-28-10-8-18;/h2-10,15,33H,11-14,16H2,1H3;1H. The molecule has 8 nitrogen and oxygen atoms in total. The number of aromatic hydroxyl groups is 1. The molecule has 0 radical (unpaired) electrons. The Morgan fingerprint density at radius 3 is 2.60 bits per heavy atom. The highest BCUT2D eigenvalue weighted by Gasteiger charge is 2.26. The first-order chi connectivity index (χ1) is 17.0. The van der Waals surface area contributed by atoms with Crippen LogP contribution in [0.5, 0.6) is 5.75 Å². The number of aryl methyl sites for hydroxylation is 1. The van der Waals surface area contributed by atoms with Crippen molar-refractivity contribution in [1.82, 2.24) is 19.9 Å². The minimum absolute atomic E-state index is 0. The summed E-state index contributed by atoms with van der Waals surface area (Å²) in [6.45, 7) is 4.09. The van der Waals surface area contributed by atoms with Crippen LogP contribution in [0.15, 0.2) is 60.9 Å². The predicted molar refractivity (Wildman–Crippen MR) is 132 cm³/mol. The van der Waals surface area contributed by atoms with E-state index >= 15 is 0 Å². The minimum atomic E-state index is -0.593. The molecule has 9 heteroatoms. The Hall–Kier alpha value is -4.27. The number of aromatic nitrogens is 3. The topological polar surface area (TPSA) is 91.7 Å². The molecule has 1 saturated heterocycles. The van der Waals surface area contributed by atoms with Gasteiger partial charge in [0.1, 0.15) is 24.0 Å². The summed E-state index contributed by atoms with van der Waals surface area (Å²) in [5.41, 5.74) is 2.51. The molecule has 1 fully saturated rings. The van der Waals surface area contributed by atoms with E-state index in [1.165, 1.54) is 18.2 Å². The number of benzene rings is 2. The summed E-state index contributed by atoms with van der Waals surface area (Å²) in [5.74, 6) is -0.0558. The molecule has 0 unspecified atom stereocenters. The number of anilines is 1. The maximum atomic E-state index is 14.6. The number of halogens is 1. The van der Waals surface area contributed by atoms with Crippen LogP contribution < -0.4 is 4.90 Å². The number of carbonyl (C=O) groups is 1. The summed E-state index contributed by atoms with van der Waals surface area (Å²) < 4.78 is 20.1. The number of nitrogens with zero attached hydrogens (tertiary/aromatic N) is 5. The summed E-state index contributed by atoms with van der Waals surface area (Å²) in [7, 11) is 0. The first-order valence-corrected chi connectivity index (χ1v) is 11.3. The predicted octanol–water partition coefficient (Wildman–Crippen LogP) is 4.55. The van der Waals surface area contributed by atoms with Crippen molar-refractivity contribution in [2.75, 3.05) is 31.1 Å². The number of rotatable bonds is 4. The highest BCUT2D eigenvalue weighted by atomic mass is 19.1. The zero-order valence-corrected chi connectivity index (χ0v) is 19.2. The lowest BCUT2D eigenvalue weighted by molar-refractivity contribution is 0.0941. The van der Waals surface area contributed by atoms with Crippen LogP contribution in [0.4, 0.5) is 15.0 Å². The van der Waals surface area contributed by atoms with Crippen molar-refractivity contribution in [1.29, 1.82) is 0 Å². The van der Waals surface area contributed by atoms with Gasteiger partial charge in [-0.15, -0.1) is 0 Å². The molecular formula is C26H26FN5O3. The lowest BCUT2D eigenvalue weighted by Crippen LogP contribution is -2.49. The smallest absolute Gasteiger partial charge is 0.410 e. The zero-order chi connectivity index (χ0) is 24.4. The van der Waals surface area contributed by atoms with Crippen LogP contribution in [0.2, 0.25) is 0 Å². The third-order valence-electron chi connectivity index (χ3n) is 6.00. The van der Waals surface area contributed by atoms with Crippen molar-refractivity contribution in [3.8, 4) is 17.1 Å². The maximum absolute atomic E-state index is 14.6. The second kappa shape index (κ2) is 9.54. The lowest BCUT2D eigenvalue weighted by atomic mass is 10.1. The van der Waals surface area contributed by atoms with Gasteiger partial charge < -0.3 is 19.6 Å². The Labute approximate surface area is 203 Å². The first kappa shape index (κ1) is 22.5. The molecule has 5 rings (SSSR count). The fraction of sp³-hybridized carbons (Fsp3) is 0.231. The van der Waals surface area contributed by atoms with Crippen LogP contribution in [-0.2, 0) is 11.3 Å². The van der Waals surface area contributed by atoms with E-state index in [-0.39, 0.29) is 31.3 Å². The number of carbonyl (C=O) groups excluding carboxylic acids is 1. The van der Waals surface area contributed by atoms with Crippen molar-refractivity contribution in [2.45, 2.75) is 13.5 Å². The lowest BCUT2D eigenvalue weighted by Gasteiger charge is -2.35. The van der Waals surface area contributed by atoms with Crippen molar-refractivity contribution >= 4 is 22.8 Å². The van der Waals surface area contributed by atoms with Crippen molar-refractivity contribution in [3.05, 3.63) is 77.9 Å². The molecule has 0 aliphatic carbocycles. The van der Waals surface area contributed by atoms with E-state index in [0.717, 1.165) is 16.5 Å². The molecule has 0 atom stereocenters. The Morgan fingerprint density at radius 2 is 1.86 bits per heavy atom. The number of amides is 1. The first-order valence-electron chi connectivity index (χ1n) is 11.3. The fourth-order valence-corrected chi connectivity index (χ4v) is 4.13. The number of hydrogen-bond donors (Lipinski definition) is 1. The second-order valence-electron chi connectivity index (χ2n) is 8.41. The Bertz CT molecular complexity index is 1360. The Kier molecular flexibility index (Phi) is 6.13. The Balaban J connectivity index is 0.00000304. The van der Waals surface area contributed by atoms with Gasteiger partial charge in [0.05, 0.1) is 11.1 Å². The second-order valence-corrected chi connectivity index (χ2v) is 8.41. The van der Waals surface area contributed by atoms with Gasteiger partial charge in [-0.3, -0.25) is 4.98 Å². The van der Waals surface area contributed by atoms with E-state index in [1.54, 1.807) is 29.4 Å². The molecular weight excluding hydrogens is 449 g/mol. The van der Waals surface area contributed by atoms with Gasteiger partial charge in [0.15, 0.2) is 5.82 Å². The minimum Gasteiger partial charge on any atom is -0.507 e. The maximum Gasteiger partial charge on any atom is 0.410 e. The van der Waals surface area contributed by atoms with Gasteiger partial charge in [0, 0.05) is 45.4 Å². The molecule has 180 valence electrons. The summed E-state index contributed by atoms with van der Waals surface area (Å²) in [6, 6.07) is 13.6. The van der Waals surface area contributed by atoms with Gasteiger partial charge in [-0.1, -0.05) is 12.1 Å². The number of piperazine rings is 1. The van der Waals surface area contributed by atoms with Gasteiger partial charge in [0.2, 0.25) is 0 Å². The van der Waals surface area contributed by atoms with E-state index in [9.17, 15) is 14.3 Å². The number of hydrogen-bond acceptors (Lipinski definition) is 7. The number of pyridine rings is 1. The molecule has 1 aliphatic heterocycles. The van der Waals surface area contributed by atoms with Crippen molar-refractivity contribution in [2.24, 2.45) is 0 Å². The van der Waals surface area contributed by atoms with Gasteiger partial charge in [-0.25, -0.2) is 19.2 Å². The molecule has 0 bridgehead atoms. The van der Waals surface area contributed by atoms with E-state index in [0.29, 0.717) is 37.5 Å². The average Bonchev–Trinajstić information content (AvgIpc) is 2.87. The van der Waals surface area contributed by atoms with Crippen molar-refractivity contribution < 1.29 is 20.5 Å². The number of phenols is 1. The highest BCUT2D eigenvalue weighted by molar-refractivity contribution is 5.92.